The summed E-state index contributed by atoms with van der Waals surface area (Å²) in [6.45, 7) is 0. The van der Waals surface area contributed by atoms with Gasteiger partial charge in [-0.2, -0.15) is 5.26 Å². The Hall–Kier alpha value is -2.16. The molecule has 0 N–H and O–H groups in total. The first-order valence-electron chi connectivity index (χ1n) is 5.50. The lowest BCUT2D eigenvalue weighted by Gasteiger charge is -2.18. The molecule has 0 bridgehead atoms. The normalized spacial score (nSPS) is 9.90. The molecule has 1 heterocycles. The zero-order chi connectivity index (χ0) is 14.7. The van der Waals surface area contributed by atoms with Gasteiger partial charge in [0, 0.05) is 7.05 Å². The number of nitriles is 1. The summed E-state index contributed by atoms with van der Waals surface area (Å²) in [5.41, 5.74) is 0.985. The van der Waals surface area contributed by atoms with Crippen LogP contribution in [0.25, 0.3) is 0 Å². The number of halogens is 2. The largest absolute Gasteiger partial charge is 0.310 e. The molecule has 0 fully saturated rings. The fraction of sp³-hybridized carbons (Fsp3) is 0.0769. The molecular weight excluding hydrogens is 299 g/mol. The van der Waals surface area contributed by atoms with Gasteiger partial charge in [-0.15, -0.1) is 10.2 Å². The molecule has 100 valence electrons. The fourth-order valence-electron chi connectivity index (χ4n) is 1.65. The Balaban J connectivity index is 2.43. The van der Waals surface area contributed by atoms with Crippen LogP contribution >= 0.6 is 23.2 Å². The van der Waals surface area contributed by atoms with Crippen LogP contribution in [0.15, 0.2) is 30.3 Å². The average Bonchev–Trinajstić information content (AvgIpc) is 2.48. The summed E-state index contributed by atoms with van der Waals surface area (Å²) in [5.74, 6) is -0.422. The van der Waals surface area contributed by atoms with E-state index in [2.05, 4.69) is 10.2 Å². The Morgan fingerprint density at radius 1 is 1.30 bits per heavy atom. The second-order valence-corrected chi connectivity index (χ2v) is 4.61. The second-order valence-electron chi connectivity index (χ2n) is 3.86. The summed E-state index contributed by atoms with van der Waals surface area (Å²) in [6.07, 6.45) is 0. The topological polar surface area (TPSA) is 69.9 Å². The molecular formula is C13H8Cl2N4O. The highest BCUT2D eigenvalue weighted by Crippen LogP contribution is 2.23. The highest BCUT2D eigenvalue weighted by atomic mass is 35.5. The van der Waals surface area contributed by atoms with Crippen molar-refractivity contribution in [2.24, 2.45) is 0 Å². The minimum Gasteiger partial charge on any atom is -0.310 e. The zero-order valence-corrected chi connectivity index (χ0v) is 11.9. The highest BCUT2D eigenvalue weighted by Gasteiger charge is 2.20. The van der Waals surface area contributed by atoms with E-state index in [1.54, 1.807) is 31.3 Å². The molecule has 0 atom stereocenters. The lowest BCUT2D eigenvalue weighted by atomic mass is 10.1. The number of benzene rings is 1. The van der Waals surface area contributed by atoms with Crippen LogP contribution in [-0.4, -0.2) is 23.2 Å². The Bertz CT molecular complexity index is 712. The van der Waals surface area contributed by atoms with Gasteiger partial charge >= 0.3 is 0 Å². The number of para-hydroxylation sites is 1. The molecule has 20 heavy (non-hydrogen) atoms. The highest BCUT2D eigenvalue weighted by molar-refractivity contribution is 6.34. The predicted octanol–water partition coefficient (Wildman–Crippen LogP) is 2.93. The maximum atomic E-state index is 12.4. The van der Waals surface area contributed by atoms with Crippen LogP contribution in [0.4, 0.5) is 5.69 Å². The summed E-state index contributed by atoms with van der Waals surface area (Å²) in [4.78, 5) is 13.7. The van der Waals surface area contributed by atoms with Crippen LogP contribution < -0.4 is 4.90 Å². The van der Waals surface area contributed by atoms with Gasteiger partial charge in [-0.05, 0) is 18.2 Å². The van der Waals surface area contributed by atoms with E-state index in [1.807, 2.05) is 6.07 Å². The first-order chi connectivity index (χ1) is 9.54. The van der Waals surface area contributed by atoms with Crippen LogP contribution in [-0.2, 0) is 0 Å². The maximum absolute atomic E-state index is 12.4. The van der Waals surface area contributed by atoms with Crippen molar-refractivity contribution < 1.29 is 4.79 Å². The van der Waals surface area contributed by atoms with Gasteiger partial charge in [0.2, 0.25) is 0 Å². The molecule has 1 aromatic heterocycles. The van der Waals surface area contributed by atoms with Gasteiger partial charge in [-0.1, -0.05) is 35.3 Å². The molecule has 2 rings (SSSR count). The SMILES string of the molecule is CN(C(=O)c1cc(Cl)nnc1Cl)c1ccccc1C#N. The van der Waals surface area contributed by atoms with Gasteiger partial charge in [-0.3, -0.25) is 4.79 Å². The molecule has 0 spiro atoms. The number of anilines is 1. The molecule has 0 aliphatic heterocycles. The van der Waals surface area contributed by atoms with Crippen molar-refractivity contribution in [1.82, 2.24) is 10.2 Å². The fourth-order valence-corrected chi connectivity index (χ4v) is 1.97. The van der Waals surface area contributed by atoms with Crippen LogP contribution in [0.5, 0.6) is 0 Å². The van der Waals surface area contributed by atoms with Crippen molar-refractivity contribution in [3.05, 3.63) is 51.8 Å². The first-order valence-corrected chi connectivity index (χ1v) is 6.26. The van der Waals surface area contributed by atoms with Crippen LogP contribution in [0.1, 0.15) is 15.9 Å². The average molecular weight is 307 g/mol. The monoisotopic (exact) mass is 306 g/mol. The molecule has 2 aromatic rings. The van der Waals surface area contributed by atoms with Crippen molar-refractivity contribution in [2.75, 3.05) is 11.9 Å². The lowest BCUT2D eigenvalue weighted by Crippen LogP contribution is -2.27. The first kappa shape index (κ1) is 14.3. The van der Waals surface area contributed by atoms with E-state index in [4.69, 9.17) is 28.5 Å². The van der Waals surface area contributed by atoms with Gasteiger partial charge in [0.05, 0.1) is 16.8 Å². The van der Waals surface area contributed by atoms with Gasteiger partial charge in [-0.25, -0.2) is 0 Å². The summed E-state index contributed by atoms with van der Waals surface area (Å²) >= 11 is 11.6. The smallest absolute Gasteiger partial charge is 0.261 e. The maximum Gasteiger partial charge on any atom is 0.261 e. The van der Waals surface area contributed by atoms with Crippen molar-refractivity contribution in [1.29, 1.82) is 5.26 Å². The Kier molecular flexibility index (Phi) is 4.18. The van der Waals surface area contributed by atoms with E-state index >= 15 is 0 Å². The standard InChI is InChI=1S/C13H8Cl2N4O/c1-19(10-5-3-2-4-8(10)7-16)13(20)9-6-11(14)17-18-12(9)15/h2-6H,1H3. The molecule has 0 saturated heterocycles. The number of hydrogen-bond acceptors (Lipinski definition) is 4. The molecule has 1 aromatic carbocycles. The lowest BCUT2D eigenvalue weighted by molar-refractivity contribution is 0.0992. The molecule has 5 nitrogen and oxygen atoms in total. The minimum atomic E-state index is -0.422. The second kappa shape index (κ2) is 5.87. The third-order valence-electron chi connectivity index (χ3n) is 2.64. The summed E-state index contributed by atoms with van der Waals surface area (Å²) in [6, 6.07) is 10.1. The number of hydrogen-bond donors (Lipinski definition) is 0. The molecule has 0 radical (unpaired) electrons. The van der Waals surface area contributed by atoms with Crippen LogP contribution in [0, 0.1) is 11.3 Å². The Labute approximate surface area is 125 Å². The number of nitrogens with zero attached hydrogens (tertiary/aromatic N) is 4. The molecule has 1 amide bonds. The Morgan fingerprint density at radius 3 is 2.70 bits per heavy atom. The molecule has 0 saturated carbocycles. The molecule has 0 aliphatic carbocycles. The number of carbonyl (C=O) groups is 1. The van der Waals surface area contributed by atoms with E-state index in [1.165, 1.54) is 11.0 Å². The zero-order valence-electron chi connectivity index (χ0n) is 10.3. The van der Waals surface area contributed by atoms with Crippen molar-refractivity contribution >= 4 is 34.8 Å². The summed E-state index contributed by atoms with van der Waals surface area (Å²) in [5, 5.41) is 16.2. The van der Waals surface area contributed by atoms with E-state index in [0.29, 0.717) is 11.3 Å². The number of amides is 1. The van der Waals surface area contributed by atoms with Crippen molar-refractivity contribution in [3.8, 4) is 6.07 Å². The molecule has 0 aliphatic rings. The third kappa shape index (κ3) is 2.72. The summed E-state index contributed by atoms with van der Waals surface area (Å²) in [7, 11) is 1.54. The third-order valence-corrected chi connectivity index (χ3v) is 3.10. The van der Waals surface area contributed by atoms with Crippen molar-refractivity contribution in [3.63, 3.8) is 0 Å². The number of aromatic nitrogens is 2. The van der Waals surface area contributed by atoms with Gasteiger partial charge in [0.1, 0.15) is 6.07 Å². The van der Waals surface area contributed by atoms with Gasteiger partial charge < -0.3 is 4.90 Å². The van der Waals surface area contributed by atoms with E-state index in [-0.39, 0.29) is 15.9 Å². The van der Waals surface area contributed by atoms with E-state index < -0.39 is 5.91 Å². The van der Waals surface area contributed by atoms with Crippen LogP contribution in [0.3, 0.4) is 0 Å². The minimum absolute atomic E-state index is 0.0410. The quantitative estimate of drug-likeness (QED) is 0.855. The van der Waals surface area contributed by atoms with Crippen molar-refractivity contribution in [2.45, 2.75) is 0 Å². The Morgan fingerprint density at radius 2 is 2.00 bits per heavy atom. The van der Waals surface area contributed by atoms with Gasteiger partial charge in [0.15, 0.2) is 10.3 Å². The number of rotatable bonds is 2. The van der Waals surface area contributed by atoms with E-state index in [0.717, 1.165) is 0 Å². The molecule has 7 heteroatoms. The van der Waals surface area contributed by atoms with Crippen LogP contribution in [0.2, 0.25) is 10.3 Å². The van der Waals surface area contributed by atoms with E-state index in [9.17, 15) is 4.79 Å². The molecule has 0 unspecified atom stereocenters. The number of carbonyl (C=O) groups excluding carboxylic acids is 1. The summed E-state index contributed by atoms with van der Waals surface area (Å²) < 4.78 is 0. The van der Waals surface area contributed by atoms with Gasteiger partial charge in [0.25, 0.3) is 5.91 Å². The predicted molar refractivity (Wildman–Crippen MR) is 75.9 cm³/mol.